The topological polar surface area (TPSA) is 93.4 Å². The summed E-state index contributed by atoms with van der Waals surface area (Å²) in [6.07, 6.45) is 0.442. The summed E-state index contributed by atoms with van der Waals surface area (Å²) in [5.41, 5.74) is 0.712. The number of hydrogen-bond donors (Lipinski definition) is 1. The van der Waals surface area contributed by atoms with Crippen molar-refractivity contribution in [2.45, 2.75) is 40.3 Å². The predicted molar refractivity (Wildman–Crippen MR) is 148 cm³/mol. The SMILES string of the molecule is CCN(CC)C(=O)c1sc2c(c1C)c(=O)n(CCc1ccccc1)c(=O)n2CC(=O)Nc1ccc(F)cc1. The van der Waals surface area contributed by atoms with Gasteiger partial charge in [-0.05, 0) is 62.6 Å². The van der Waals surface area contributed by atoms with Crippen molar-refractivity contribution in [1.82, 2.24) is 14.0 Å². The zero-order valence-corrected chi connectivity index (χ0v) is 22.3. The lowest BCUT2D eigenvalue weighted by molar-refractivity contribution is -0.116. The molecule has 0 saturated heterocycles. The number of thiophene rings is 1. The van der Waals surface area contributed by atoms with Gasteiger partial charge in [-0.25, -0.2) is 9.18 Å². The maximum atomic E-state index is 13.6. The van der Waals surface area contributed by atoms with Crippen LogP contribution in [0.15, 0.2) is 64.2 Å². The maximum absolute atomic E-state index is 13.6. The summed E-state index contributed by atoms with van der Waals surface area (Å²) in [7, 11) is 0. The maximum Gasteiger partial charge on any atom is 0.332 e. The van der Waals surface area contributed by atoms with Gasteiger partial charge < -0.3 is 10.2 Å². The van der Waals surface area contributed by atoms with E-state index in [9.17, 15) is 23.6 Å². The van der Waals surface area contributed by atoms with Crippen LogP contribution >= 0.6 is 11.3 Å². The Bertz CT molecular complexity index is 1590. The predicted octanol–water partition coefficient (Wildman–Crippen LogP) is 4.04. The average Bonchev–Trinajstić information content (AvgIpc) is 3.26. The second-order valence-electron chi connectivity index (χ2n) is 8.83. The smallest absolute Gasteiger partial charge is 0.332 e. The van der Waals surface area contributed by atoms with Crippen molar-refractivity contribution in [3.8, 4) is 0 Å². The molecule has 0 bridgehead atoms. The Morgan fingerprint density at radius 1 is 0.974 bits per heavy atom. The summed E-state index contributed by atoms with van der Waals surface area (Å²) in [5.74, 6) is -1.18. The molecule has 4 aromatic rings. The largest absolute Gasteiger partial charge is 0.338 e. The van der Waals surface area contributed by atoms with Crippen LogP contribution in [0, 0.1) is 12.7 Å². The molecule has 8 nitrogen and oxygen atoms in total. The van der Waals surface area contributed by atoms with Gasteiger partial charge in [0.15, 0.2) is 0 Å². The van der Waals surface area contributed by atoms with Gasteiger partial charge in [0.1, 0.15) is 17.2 Å². The first-order chi connectivity index (χ1) is 18.2. The molecule has 2 aromatic heterocycles. The van der Waals surface area contributed by atoms with Gasteiger partial charge in [0.25, 0.3) is 11.5 Å². The Morgan fingerprint density at radius 2 is 1.63 bits per heavy atom. The molecule has 0 saturated carbocycles. The highest BCUT2D eigenvalue weighted by molar-refractivity contribution is 7.20. The van der Waals surface area contributed by atoms with E-state index in [0.29, 0.717) is 35.6 Å². The van der Waals surface area contributed by atoms with Gasteiger partial charge in [0.2, 0.25) is 5.91 Å². The van der Waals surface area contributed by atoms with Crippen molar-refractivity contribution in [1.29, 1.82) is 0 Å². The molecule has 0 aliphatic carbocycles. The lowest BCUT2D eigenvalue weighted by Gasteiger charge is -2.17. The molecular formula is C28H29FN4O4S. The number of aryl methyl sites for hydroxylation is 2. The minimum Gasteiger partial charge on any atom is -0.338 e. The van der Waals surface area contributed by atoms with E-state index < -0.39 is 23.0 Å². The fourth-order valence-electron chi connectivity index (χ4n) is 4.35. The van der Waals surface area contributed by atoms with Gasteiger partial charge in [-0.2, -0.15) is 0 Å². The number of hydrogen-bond acceptors (Lipinski definition) is 5. The molecule has 2 aromatic carbocycles. The fraction of sp³-hybridized carbons (Fsp3) is 0.286. The van der Waals surface area contributed by atoms with Crippen LogP contribution in [-0.4, -0.2) is 38.9 Å². The number of anilines is 1. The fourth-order valence-corrected chi connectivity index (χ4v) is 5.61. The molecule has 2 amide bonds. The normalized spacial score (nSPS) is 11.1. The number of benzene rings is 2. The molecule has 0 aliphatic rings. The molecule has 0 atom stereocenters. The van der Waals surface area contributed by atoms with E-state index in [0.717, 1.165) is 21.5 Å². The minimum absolute atomic E-state index is 0.117. The van der Waals surface area contributed by atoms with Crippen LogP contribution in [0.2, 0.25) is 0 Å². The molecule has 4 rings (SSSR count). The van der Waals surface area contributed by atoms with Crippen LogP contribution < -0.4 is 16.6 Å². The average molecular weight is 537 g/mol. The first-order valence-electron chi connectivity index (χ1n) is 12.4. The molecule has 0 fully saturated rings. The van der Waals surface area contributed by atoms with Gasteiger partial charge in [-0.3, -0.25) is 23.5 Å². The van der Waals surface area contributed by atoms with Gasteiger partial charge in [0, 0.05) is 25.3 Å². The summed E-state index contributed by atoms with van der Waals surface area (Å²) in [6.45, 7) is 6.18. The number of fused-ring (bicyclic) bond motifs is 1. The molecule has 0 unspecified atom stereocenters. The number of nitrogens with one attached hydrogen (secondary N) is 1. The summed E-state index contributed by atoms with van der Waals surface area (Å²) in [6, 6.07) is 14.8. The van der Waals surface area contributed by atoms with E-state index >= 15 is 0 Å². The first kappa shape index (κ1) is 27.0. The minimum atomic E-state index is -0.629. The van der Waals surface area contributed by atoms with Gasteiger partial charge in [-0.1, -0.05) is 30.3 Å². The molecule has 10 heteroatoms. The number of rotatable bonds is 9. The summed E-state index contributed by atoms with van der Waals surface area (Å²) < 4.78 is 15.6. The van der Waals surface area contributed by atoms with Crippen LogP contribution in [0.3, 0.4) is 0 Å². The highest BCUT2D eigenvalue weighted by atomic mass is 32.1. The summed E-state index contributed by atoms with van der Waals surface area (Å²) in [5, 5.41) is 2.92. The van der Waals surface area contributed by atoms with Crippen LogP contribution in [0.25, 0.3) is 10.2 Å². The number of carbonyl (C=O) groups is 2. The van der Waals surface area contributed by atoms with E-state index in [-0.39, 0.29) is 29.2 Å². The number of carbonyl (C=O) groups excluding carboxylic acids is 2. The summed E-state index contributed by atoms with van der Waals surface area (Å²) in [4.78, 5) is 55.7. The van der Waals surface area contributed by atoms with Gasteiger partial charge in [0.05, 0.1) is 10.3 Å². The number of nitrogens with zero attached hydrogens (tertiary/aromatic N) is 3. The second kappa shape index (κ2) is 11.6. The zero-order valence-electron chi connectivity index (χ0n) is 21.5. The zero-order chi connectivity index (χ0) is 27.4. The van der Waals surface area contributed by atoms with Gasteiger partial charge in [-0.15, -0.1) is 11.3 Å². The lowest BCUT2D eigenvalue weighted by atomic mass is 10.1. The van der Waals surface area contributed by atoms with Crippen molar-refractivity contribution in [3.05, 3.63) is 97.3 Å². The molecular weight excluding hydrogens is 507 g/mol. The van der Waals surface area contributed by atoms with E-state index in [4.69, 9.17) is 0 Å². The van der Waals surface area contributed by atoms with Crippen LogP contribution in [0.5, 0.6) is 0 Å². The van der Waals surface area contributed by atoms with Crippen molar-refractivity contribution in [3.63, 3.8) is 0 Å². The van der Waals surface area contributed by atoms with Crippen LogP contribution in [0.1, 0.15) is 34.6 Å². The number of amides is 2. The van der Waals surface area contributed by atoms with E-state index in [1.165, 1.54) is 28.8 Å². The van der Waals surface area contributed by atoms with Crippen LogP contribution in [-0.2, 0) is 24.3 Å². The van der Waals surface area contributed by atoms with E-state index in [1.807, 2.05) is 44.2 Å². The molecule has 198 valence electrons. The Kier molecular flexibility index (Phi) is 8.21. The Balaban J connectivity index is 1.81. The molecule has 38 heavy (non-hydrogen) atoms. The van der Waals surface area contributed by atoms with Crippen LogP contribution in [0.4, 0.5) is 10.1 Å². The quantitative estimate of drug-likeness (QED) is 0.350. The summed E-state index contributed by atoms with van der Waals surface area (Å²) >= 11 is 1.05. The Morgan fingerprint density at radius 3 is 2.26 bits per heavy atom. The van der Waals surface area contributed by atoms with Crippen molar-refractivity contribution in [2.24, 2.45) is 0 Å². The molecule has 0 spiro atoms. The Hall–Kier alpha value is -4.05. The molecule has 0 radical (unpaired) electrons. The third kappa shape index (κ3) is 5.45. The molecule has 2 heterocycles. The second-order valence-corrected chi connectivity index (χ2v) is 9.83. The van der Waals surface area contributed by atoms with Crippen molar-refractivity contribution >= 4 is 39.1 Å². The lowest BCUT2D eigenvalue weighted by Crippen LogP contribution is -2.41. The van der Waals surface area contributed by atoms with Gasteiger partial charge >= 0.3 is 5.69 Å². The number of halogens is 1. The third-order valence-electron chi connectivity index (χ3n) is 6.44. The number of aromatic nitrogens is 2. The highest BCUT2D eigenvalue weighted by Crippen LogP contribution is 2.29. The van der Waals surface area contributed by atoms with Crippen molar-refractivity contribution < 1.29 is 14.0 Å². The highest BCUT2D eigenvalue weighted by Gasteiger charge is 2.26. The monoisotopic (exact) mass is 536 g/mol. The van der Waals surface area contributed by atoms with E-state index in [1.54, 1.807) is 11.8 Å². The van der Waals surface area contributed by atoms with Crippen molar-refractivity contribution in [2.75, 3.05) is 18.4 Å². The standard InChI is InChI=1S/C28H29FN4O4S/c1-4-31(5-2)26(36)24-18(3)23-25(35)32(16-15-19-9-7-6-8-10-19)28(37)33(27(23)38-24)17-22(34)30-21-13-11-20(29)12-14-21/h6-14H,4-5,15-17H2,1-3H3,(H,30,34). The molecule has 1 N–H and O–H groups in total. The van der Waals surface area contributed by atoms with E-state index in [2.05, 4.69) is 5.32 Å². The first-order valence-corrected chi connectivity index (χ1v) is 13.2. The Labute approximate surface area is 222 Å². The third-order valence-corrected chi connectivity index (χ3v) is 7.74. The molecule has 0 aliphatic heterocycles.